The monoisotopic (exact) mass is 235 g/mol. The summed E-state index contributed by atoms with van der Waals surface area (Å²) < 4.78 is 18.3. The number of rotatable bonds is 3. The topological polar surface area (TPSA) is 9.23 Å². The molecule has 0 spiro atoms. The fourth-order valence-corrected chi connectivity index (χ4v) is 1.49. The maximum absolute atomic E-state index is 12.8. The summed E-state index contributed by atoms with van der Waals surface area (Å²) in [5, 5.41) is 0.375. The van der Waals surface area contributed by atoms with Gasteiger partial charge in [-0.05, 0) is 30.3 Å². The summed E-state index contributed by atoms with van der Waals surface area (Å²) in [6.45, 7) is 0.316. The lowest BCUT2D eigenvalue weighted by Gasteiger charge is -2.07. The number of hydrogen-bond donors (Lipinski definition) is 0. The van der Waals surface area contributed by atoms with Gasteiger partial charge < -0.3 is 4.74 Å². The summed E-state index contributed by atoms with van der Waals surface area (Å²) >= 11 is 5.87. The molecule has 1 nitrogen and oxygen atoms in total. The lowest BCUT2D eigenvalue weighted by molar-refractivity contribution is 0.306. The lowest BCUT2D eigenvalue weighted by atomic mass is 10.2. The Morgan fingerprint density at radius 1 is 1.31 bits per heavy atom. The first-order valence-corrected chi connectivity index (χ1v) is 5.16. The van der Waals surface area contributed by atoms with Crippen molar-refractivity contribution in [3.05, 3.63) is 64.9 Å². The fraction of sp³-hybridized carbons (Fsp3) is 0.0769. The van der Waals surface area contributed by atoms with Crippen LogP contribution in [0.4, 0.5) is 4.39 Å². The molecule has 16 heavy (non-hydrogen) atoms. The fourth-order valence-electron chi connectivity index (χ4n) is 1.27. The van der Waals surface area contributed by atoms with Gasteiger partial charge in [-0.25, -0.2) is 4.39 Å². The van der Waals surface area contributed by atoms with Crippen LogP contribution in [0.5, 0.6) is 5.75 Å². The highest BCUT2D eigenvalue weighted by molar-refractivity contribution is 6.31. The smallest absolute Gasteiger partial charge is 0.124 e. The first kappa shape index (κ1) is 11.0. The van der Waals surface area contributed by atoms with Crippen LogP contribution in [-0.4, -0.2) is 0 Å². The second-order valence-electron chi connectivity index (χ2n) is 3.26. The summed E-state index contributed by atoms with van der Waals surface area (Å²) in [6.07, 6.45) is 0. The van der Waals surface area contributed by atoms with E-state index in [0.717, 1.165) is 5.56 Å². The van der Waals surface area contributed by atoms with Gasteiger partial charge in [-0.2, -0.15) is 0 Å². The third kappa shape index (κ3) is 2.74. The quantitative estimate of drug-likeness (QED) is 0.785. The van der Waals surface area contributed by atoms with Crippen molar-refractivity contribution < 1.29 is 9.13 Å². The van der Waals surface area contributed by atoms with Gasteiger partial charge in [0.15, 0.2) is 0 Å². The Hall–Kier alpha value is -1.54. The number of halogens is 2. The van der Waals surface area contributed by atoms with Crippen molar-refractivity contribution in [3.8, 4) is 5.75 Å². The van der Waals surface area contributed by atoms with E-state index < -0.39 is 0 Å². The van der Waals surface area contributed by atoms with Gasteiger partial charge in [0.1, 0.15) is 18.2 Å². The first-order chi connectivity index (χ1) is 7.75. The molecule has 1 radical (unpaired) electrons. The van der Waals surface area contributed by atoms with E-state index >= 15 is 0 Å². The molecule has 0 saturated carbocycles. The second kappa shape index (κ2) is 4.99. The maximum Gasteiger partial charge on any atom is 0.124 e. The van der Waals surface area contributed by atoms with Crippen molar-refractivity contribution in [3.63, 3.8) is 0 Å². The zero-order chi connectivity index (χ0) is 11.4. The molecule has 0 atom stereocenters. The highest BCUT2D eigenvalue weighted by Gasteiger charge is 2.02. The Bertz CT molecular complexity index is 471. The van der Waals surface area contributed by atoms with Gasteiger partial charge >= 0.3 is 0 Å². The number of hydrogen-bond acceptors (Lipinski definition) is 1. The minimum atomic E-state index is -0.346. The Kier molecular flexibility index (Phi) is 3.42. The van der Waals surface area contributed by atoms with Crippen LogP contribution in [0.3, 0.4) is 0 Å². The Labute approximate surface area is 98.4 Å². The van der Waals surface area contributed by atoms with Crippen LogP contribution >= 0.6 is 11.6 Å². The third-order valence-electron chi connectivity index (χ3n) is 2.09. The summed E-state index contributed by atoms with van der Waals surface area (Å²) in [4.78, 5) is 0. The molecule has 0 aromatic heterocycles. The molecule has 0 heterocycles. The van der Waals surface area contributed by atoms with Crippen molar-refractivity contribution in [2.24, 2.45) is 0 Å². The van der Waals surface area contributed by atoms with E-state index in [1.165, 1.54) is 12.1 Å². The van der Waals surface area contributed by atoms with Crippen LogP contribution < -0.4 is 4.74 Å². The van der Waals surface area contributed by atoms with Crippen LogP contribution in [0.2, 0.25) is 5.02 Å². The largest absolute Gasteiger partial charge is 0.489 e. The Morgan fingerprint density at radius 2 is 2.19 bits per heavy atom. The molecule has 2 rings (SSSR count). The summed E-state index contributed by atoms with van der Waals surface area (Å²) in [5.41, 5.74) is 0.756. The van der Waals surface area contributed by atoms with Crippen LogP contribution in [-0.2, 0) is 6.61 Å². The number of benzene rings is 2. The van der Waals surface area contributed by atoms with E-state index in [9.17, 15) is 4.39 Å². The van der Waals surface area contributed by atoms with Gasteiger partial charge in [-0.3, -0.25) is 0 Å². The molecule has 0 amide bonds. The maximum atomic E-state index is 12.8. The lowest BCUT2D eigenvalue weighted by Crippen LogP contribution is -1.96. The molecule has 0 N–H and O–H groups in total. The molecule has 0 unspecified atom stereocenters. The van der Waals surface area contributed by atoms with E-state index in [1.807, 2.05) is 12.1 Å². The Morgan fingerprint density at radius 3 is 2.88 bits per heavy atom. The zero-order valence-electron chi connectivity index (χ0n) is 8.41. The third-order valence-corrected chi connectivity index (χ3v) is 2.44. The highest BCUT2D eigenvalue weighted by atomic mass is 35.5. The van der Waals surface area contributed by atoms with Gasteiger partial charge in [-0.1, -0.05) is 29.8 Å². The predicted octanol–water partition coefficient (Wildman–Crippen LogP) is 3.86. The summed E-state index contributed by atoms with van der Waals surface area (Å²) in [5.74, 6) is 0.365. The molecule has 2 aromatic carbocycles. The van der Waals surface area contributed by atoms with Gasteiger partial charge in [0, 0.05) is 5.56 Å². The van der Waals surface area contributed by atoms with Crippen LogP contribution in [0.15, 0.2) is 42.5 Å². The normalized spacial score (nSPS) is 10.1. The van der Waals surface area contributed by atoms with Gasteiger partial charge in [0.05, 0.1) is 5.02 Å². The minimum absolute atomic E-state index is 0.316. The standard InChI is InChI=1S/C13H9ClFO/c14-13-8-11(15)7-6-10(13)9-16-12-4-2-1-3-5-12/h1-2,4-8H,9H2. The summed E-state index contributed by atoms with van der Waals surface area (Å²) in [7, 11) is 0. The molecular weight excluding hydrogens is 227 g/mol. The van der Waals surface area contributed by atoms with Gasteiger partial charge in [0.2, 0.25) is 0 Å². The van der Waals surface area contributed by atoms with E-state index in [0.29, 0.717) is 17.4 Å². The highest BCUT2D eigenvalue weighted by Crippen LogP contribution is 2.19. The van der Waals surface area contributed by atoms with Crippen molar-refractivity contribution >= 4 is 11.6 Å². The average molecular weight is 236 g/mol. The number of ether oxygens (including phenoxy) is 1. The van der Waals surface area contributed by atoms with Crippen molar-refractivity contribution in [2.75, 3.05) is 0 Å². The first-order valence-electron chi connectivity index (χ1n) is 4.78. The zero-order valence-corrected chi connectivity index (χ0v) is 9.17. The average Bonchev–Trinajstić information content (AvgIpc) is 2.29. The Balaban J connectivity index is 2.05. The molecule has 0 fully saturated rings. The van der Waals surface area contributed by atoms with Gasteiger partial charge in [-0.15, -0.1) is 0 Å². The molecule has 0 aliphatic heterocycles. The molecule has 0 saturated heterocycles. The second-order valence-corrected chi connectivity index (χ2v) is 3.67. The summed E-state index contributed by atoms with van der Waals surface area (Å²) in [6, 6.07) is 14.3. The molecule has 0 aliphatic carbocycles. The molecule has 81 valence electrons. The van der Waals surface area contributed by atoms with E-state index in [2.05, 4.69) is 6.07 Å². The SMILES string of the molecule is Fc1ccc(COc2c[c]ccc2)c(Cl)c1. The van der Waals surface area contributed by atoms with E-state index in [4.69, 9.17) is 16.3 Å². The van der Waals surface area contributed by atoms with Crippen molar-refractivity contribution in [1.29, 1.82) is 0 Å². The van der Waals surface area contributed by atoms with E-state index in [1.54, 1.807) is 18.2 Å². The minimum Gasteiger partial charge on any atom is -0.489 e. The molecule has 0 aliphatic rings. The molecular formula is C13H9ClFO. The molecule has 0 bridgehead atoms. The van der Waals surface area contributed by atoms with Crippen molar-refractivity contribution in [1.82, 2.24) is 0 Å². The van der Waals surface area contributed by atoms with Crippen molar-refractivity contribution in [2.45, 2.75) is 6.61 Å². The molecule has 2 aromatic rings. The molecule has 3 heteroatoms. The van der Waals surface area contributed by atoms with Crippen LogP contribution in [0, 0.1) is 11.9 Å². The predicted molar refractivity (Wildman–Crippen MR) is 61.0 cm³/mol. The van der Waals surface area contributed by atoms with Crippen LogP contribution in [0.25, 0.3) is 0 Å². The van der Waals surface area contributed by atoms with Gasteiger partial charge in [0.25, 0.3) is 0 Å². The van der Waals surface area contributed by atoms with E-state index in [-0.39, 0.29) is 5.82 Å². The van der Waals surface area contributed by atoms with Crippen LogP contribution in [0.1, 0.15) is 5.56 Å².